The summed E-state index contributed by atoms with van der Waals surface area (Å²) in [6, 6.07) is 9.67. The summed E-state index contributed by atoms with van der Waals surface area (Å²) in [5.41, 5.74) is -5.03. The normalized spacial score (nSPS) is 19.1. The first kappa shape index (κ1) is 36.6. The van der Waals surface area contributed by atoms with Gasteiger partial charge in [-0.15, -0.1) is 10.2 Å². The number of amides is 2. The van der Waals surface area contributed by atoms with Gasteiger partial charge in [0.05, 0.1) is 25.0 Å². The van der Waals surface area contributed by atoms with E-state index in [-0.39, 0.29) is 23.9 Å². The zero-order chi connectivity index (χ0) is 35.5. The molecule has 1 unspecified atom stereocenters. The predicted octanol–water partition coefficient (Wildman–Crippen LogP) is 7.67. The maximum absolute atomic E-state index is 15.1. The van der Waals surface area contributed by atoms with Crippen molar-refractivity contribution in [2.75, 3.05) is 18.1 Å². The number of hydrogen-bond acceptors (Lipinski definition) is 11. The summed E-state index contributed by atoms with van der Waals surface area (Å²) < 4.78 is 79.3. The van der Waals surface area contributed by atoms with Crippen molar-refractivity contribution >= 4 is 17.9 Å². The van der Waals surface area contributed by atoms with E-state index in [9.17, 15) is 9.59 Å². The number of pyridine rings is 1. The third-order valence-corrected chi connectivity index (χ3v) is 6.82. The summed E-state index contributed by atoms with van der Waals surface area (Å²) in [5.74, 6) is -1.47. The van der Waals surface area contributed by atoms with Crippen molar-refractivity contribution in [2.45, 2.75) is 104 Å². The fourth-order valence-corrected chi connectivity index (χ4v) is 4.57. The summed E-state index contributed by atoms with van der Waals surface area (Å²) in [4.78, 5) is 32.3. The first-order valence-corrected chi connectivity index (χ1v) is 15.4. The number of rotatable bonds is 4. The van der Waals surface area contributed by atoms with Crippen LogP contribution in [-0.2, 0) is 31.2 Å². The number of aromatic nitrogens is 3. The number of nitrogens with zero attached hydrogens (tertiary/aromatic N) is 4. The van der Waals surface area contributed by atoms with Crippen molar-refractivity contribution in [3.8, 4) is 17.5 Å². The second-order valence-electron chi connectivity index (χ2n) is 13.4. The van der Waals surface area contributed by atoms with Crippen molar-refractivity contribution in [3.05, 3.63) is 53.4 Å². The van der Waals surface area contributed by atoms with Crippen LogP contribution in [0.2, 0.25) is 0 Å². The molecule has 2 aromatic heterocycles. The van der Waals surface area contributed by atoms with Crippen LogP contribution in [0.15, 0.2) is 40.8 Å². The van der Waals surface area contributed by atoms with Crippen LogP contribution in [0.4, 0.5) is 28.4 Å². The molecule has 0 radical (unpaired) electrons. The fourth-order valence-electron chi connectivity index (χ4n) is 4.57. The Balaban J connectivity index is 1.94. The number of imide groups is 1. The van der Waals surface area contributed by atoms with Crippen molar-refractivity contribution in [2.24, 2.45) is 0 Å². The van der Waals surface area contributed by atoms with Gasteiger partial charge in [-0.05, 0) is 79.9 Å². The Kier molecular flexibility index (Phi) is 10.7. The molecule has 262 valence electrons. The van der Waals surface area contributed by atoms with Crippen LogP contribution in [0.25, 0.3) is 11.6 Å². The molecule has 0 aliphatic carbocycles. The Labute approximate surface area is 276 Å². The molecule has 3 heterocycles. The summed E-state index contributed by atoms with van der Waals surface area (Å²) >= 11 is 0. The summed E-state index contributed by atoms with van der Waals surface area (Å²) in [7, 11) is 0. The maximum Gasteiger partial charge on any atom is 0.428 e. The van der Waals surface area contributed by atoms with E-state index in [1.54, 1.807) is 85.7 Å². The number of anilines is 1. The molecule has 1 aliphatic rings. The van der Waals surface area contributed by atoms with Gasteiger partial charge in [0.1, 0.15) is 11.2 Å². The molecule has 0 saturated carbocycles. The topological polar surface area (TPSA) is 135 Å². The zero-order valence-electron chi connectivity index (χ0n) is 28.3. The van der Waals surface area contributed by atoms with Gasteiger partial charge in [-0.3, -0.25) is 0 Å². The van der Waals surface area contributed by atoms with Gasteiger partial charge in [0.2, 0.25) is 5.88 Å². The minimum Gasteiger partial charge on any atom is -0.474 e. The molecule has 12 nitrogen and oxygen atoms in total. The van der Waals surface area contributed by atoms with Crippen LogP contribution in [0.1, 0.15) is 78.3 Å². The molecule has 4 rings (SSSR count). The van der Waals surface area contributed by atoms with E-state index >= 15 is 13.2 Å². The van der Waals surface area contributed by atoms with Crippen LogP contribution in [0.3, 0.4) is 0 Å². The highest BCUT2D eigenvalue weighted by Gasteiger charge is 2.62. The van der Waals surface area contributed by atoms with Crippen molar-refractivity contribution in [1.29, 1.82) is 0 Å². The Morgan fingerprint density at radius 3 is 2.21 bits per heavy atom. The summed E-state index contributed by atoms with van der Waals surface area (Å²) in [6.45, 7) is 11.5. The number of carbonyl (C=O) groups is 2. The smallest absolute Gasteiger partial charge is 0.428 e. The number of alkyl halides is 3. The molecule has 2 amide bonds. The zero-order valence-corrected chi connectivity index (χ0v) is 28.3. The second kappa shape index (κ2) is 14.1. The van der Waals surface area contributed by atoms with Crippen LogP contribution in [0, 0.1) is 6.92 Å². The van der Waals surface area contributed by atoms with E-state index in [2.05, 4.69) is 15.2 Å². The average Bonchev–Trinajstić information content (AvgIpc) is 3.44. The van der Waals surface area contributed by atoms with E-state index in [0.29, 0.717) is 28.9 Å². The van der Waals surface area contributed by atoms with Gasteiger partial charge in [-0.1, -0.05) is 30.3 Å². The fraction of sp³-hybridized carbons (Fsp3) is 0.545. The van der Waals surface area contributed by atoms with Gasteiger partial charge in [-0.25, -0.2) is 14.6 Å². The molecule has 48 heavy (non-hydrogen) atoms. The lowest BCUT2D eigenvalue weighted by Gasteiger charge is -2.32. The third-order valence-electron chi connectivity index (χ3n) is 6.82. The van der Waals surface area contributed by atoms with Crippen LogP contribution >= 0.6 is 0 Å². The summed E-state index contributed by atoms with van der Waals surface area (Å²) in [6.07, 6.45) is -7.07. The highest BCUT2D eigenvalue weighted by Crippen LogP contribution is 2.44. The quantitative estimate of drug-likeness (QED) is 0.269. The SMILES string of the molecule is Cc1cc(N(C(=O)OC(C)(C)C)C(=O)OC(C)(C)C)c2nc1O[C@H](C)CCCOCC(OCc1ccccc1)(C(F)(F)F)c1nnc-2o1. The predicted molar refractivity (Wildman–Crippen MR) is 166 cm³/mol. The van der Waals surface area contributed by atoms with E-state index < -0.39 is 66.3 Å². The molecule has 0 saturated heterocycles. The number of benzene rings is 1. The number of ether oxygens (including phenoxy) is 5. The first-order chi connectivity index (χ1) is 22.3. The molecule has 1 aliphatic heterocycles. The van der Waals surface area contributed by atoms with Crippen LogP contribution < -0.4 is 9.64 Å². The van der Waals surface area contributed by atoms with Gasteiger partial charge in [0.25, 0.3) is 17.4 Å². The van der Waals surface area contributed by atoms with Gasteiger partial charge in [0.15, 0.2) is 5.69 Å². The maximum atomic E-state index is 15.1. The second-order valence-corrected chi connectivity index (χ2v) is 13.4. The van der Waals surface area contributed by atoms with Crippen molar-refractivity contribution in [3.63, 3.8) is 0 Å². The Hall–Kier alpha value is -4.24. The highest BCUT2D eigenvalue weighted by atomic mass is 19.4. The highest BCUT2D eigenvalue weighted by molar-refractivity contribution is 6.11. The van der Waals surface area contributed by atoms with Gasteiger partial charge in [-0.2, -0.15) is 18.1 Å². The van der Waals surface area contributed by atoms with Gasteiger partial charge in [0, 0.05) is 12.2 Å². The monoisotopic (exact) mass is 678 g/mol. The number of aryl methyl sites for hydroxylation is 1. The lowest BCUT2D eigenvalue weighted by Crippen LogP contribution is -2.49. The Morgan fingerprint density at radius 1 is 1.00 bits per heavy atom. The van der Waals surface area contributed by atoms with Gasteiger partial charge >= 0.3 is 18.4 Å². The third kappa shape index (κ3) is 8.81. The van der Waals surface area contributed by atoms with Crippen molar-refractivity contribution in [1.82, 2.24) is 15.2 Å². The average molecular weight is 679 g/mol. The number of hydrogen-bond donors (Lipinski definition) is 0. The number of carbonyl (C=O) groups excluding carboxylic acids is 2. The van der Waals surface area contributed by atoms with E-state index in [1.165, 1.54) is 6.07 Å². The minimum absolute atomic E-state index is 0.0431. The molecule has 3 aromatic rings. The number of halogens is 3. The number of fused-ring (bicyclic) bond motifs is 5. The molecular weight excluding hydrogens is 637 g/mol. The Morgan fingerprint density at radius 2 is 1.62 bits per heavy atom. The molecule has 0 spiro atoms. The molecule has 15 heteroatoms. The molecule has 0 fully saturated rings. The minimum atomic E-state index is -5.09. The Bertz CT molecular complexity index is 1560. The van der Waals surface area contributed by atoms with Crippen LogP contribution in [-0.4, -0.2) is 64.1 Å². The lowest BCUT2D eigenvalue weighted by atomic mass is 10.0. The van der Waals surface area contributed by atoms with E-state index in [4.69, 9.17) is 28.1 Å². The lowest BCUT2D eigenvalue weighted by molar-refractivity contribution is -0.311. The van der Waals surface area contributed by atoms with Gasteiger partial charge < -0.3 is 28.1 Å². The summed E-state index contributed by atoms with van der Waals surface area (Å²) in [5, 5.41) is 7.67. The van der Waals surface area contributed by atoms with Crippen LogP contribution in [0.5, 0.6) is 5.88 Å². The first-order valence-electron chi connectivity index (χ1n) is 15.4. The standard InChI is InChI=1S/C33H41F3N4O8/c1-20-17-23(40(28(41)47-30(3,4)5)29(42)48-31(6,7)8)24-26-38-39-27(46-26)32(33(34,35)36,44-18-22-14-10-9-11-15-22)19-43-16-12-13-21(2)45-25(20)37-24/h9-11,14-15,17,21H,12-13,16,18-19H2,1-8H3/t21-,32?/m1/s1. The molecule has 4 bridgehead atoms. The largest absolute Gasteiger partial charge is 0.474 e. The van der Waals surface area contributed by atoms with E-state index in [0.717, 1.165) is 0 Å². The molecule has 0 N–H and O–H groups in total. The molecule has 1 aromatic carbocycles. The molecular formula is C33H41F3N4O8. The van der Waals surface area contributed by atoms with E-state index in [1.807, 2.05) is 0 Å². The van der Waals surface area contributed by atoms with Crippen molar-refractivity contribution < 1.29 is 50.9 Å². The molecule has 2 atom stereocenters.